The minimum Gasteiger partial charge on any atom is -0.383 e. The molecule has 1 aliphatic rings. The summed E-state index contributed by atoms with van der Waals surface area (Å²) in [4.78, 5) is 4.79. The van der Waals surface area contributed by atoms with Gasteiger partial charge in [-0.2, -0.15) is 0 Å². The average Bonchev–Trinajstić information content (AvgIpc) is 3.03. The van der Waals surface area contributed by atoms with Gasteiger partial charge in [0.05, 0.1) is 23.7 Å². The van der Waals surface area contributed by atoms with E-state index in [1.54, 1.807) is 7.11 Å². The third-order valence-electron chi connectivity index (χ3n) is 3.58. The van der Waals surface area contributed by atoms with Crippen molar-refractivity contribution >= 4 is 11.0 Å². The van der Waals surface area contributed by atoms with Crippen molar-refractivity contribution in [2.45, 2.75) is 25.4 Å². The van der Waals surface area contributed by atoms with E-state index in [1.165, 1.54) is 18.4 Å². The molecule has 1 fully saturated rings. The number of hydrogen-bond donors (Lipinski definition) is 1. The molecule has 0 aliphatic carbocycles. The third-order valence-corrected chi connectivity index (χ3v) is 3.58. The number of ether oxygens (including phenoxy) is 1. The van der Waals surface area contributed by atoms with E-state index in [0.717, 1.165) is 31.0 Å². The Morgan fingerprint density at radius 1 is 1.44 bits per heavy atom. The number of rotatable bonds is 4. The first kappa shape index (κ1) is 11.7. The topological polar surface area (TPSA) is 39.1 Å². The number of fused-ring (bicyclic) bond motifs is 1. The lowest BCUT2D eigenvalue weighted by molar-refractivity contribution is 0.187. The Hall–Kier alpha value is -1.39. The Morgan fingerprint density at radius 2 is 2.33 bits per heavy atom. The summed E-state index contributed by atoms with van der Waals surface area (Å²) in [6.07, 6.45) is 2.41. The molecule has 2 aromatic rings. The maximum absolute atomic E-state index is 5.21. The second kappa shape index (κ2) is 5.08. The minimum atomic E-state index is 0.397. The first-order chi connectivity index (χ1) is 8.90. The normalized spacial score (nSPS) is 19.7. The molecule has 3 rings (SSSR count). The molecule has 0 saturated carbocycles. The van der Waals surface area contributed by atoms with E-state index in [0.29, 0.717) is 6.04 Å². The van der Waals surface area contributed by atoms with Crippen molar-refractivity contribution < 1.29 is 4.74 Å². The molecule has 0 unspecified atom stereocenters. The average molecular weight is 245 g/mol. The highest BCUT2D eigenvalue weighted by Crippen LogP contribution is 2.26. The van der Waals surface area contributed by atoms with Crippen molar-refractivity contribution in [2.24, 2.45) is 0 Å². The van der Waals surface area contributed by atoms with Crippen molar-refractivity contribution in [3.8, 4) is 0 Å². The predicted molar refractivity (Wildman–Crippen MR) is 71.6 cm³/mol. The summed E-state index contributed by atoms with van der Waals surface area (Å²) in [5, 5.41) is 3.53. The maximum atomic E-state index is 5.21. The summed E-state index contributed by atoms with van der Waals surface area (Å²) in [6, 6.07) is 8.73. The van der Waals surface area contributed by atoms with Gasteiger partial charge in [0, 0.05) is 13.7 Å². The molecule has 18 heavy (non-hydrogen) atoms. The lowest BCUT2D eigenvalue weighted by atomic mass is 10.2. The second-order valence-electron chi connectivity index (χ2n) is 4.75. The minimum absolute atomic E-state index is 0.397. The van der Waals surface area contributed by atoms with Crippen LogP contribution in [0.25, 0.3) is 11.0 Å². The molecule has 0 bridgehead atoms. The van der Waals surface area contributed by atoms with Gasteiger partial charge in [-0.1, -0.05) is 12.1 Å². The summed E-state index contributed by atoms with van der Waals surface area (Å²) in [6.45, 7) is 2.68. The predicted octanol–water partition coefficient (Wildman–Crippen LogP) is 2.11. The Bertz CT molecular complexity index is 529. The molecule has 0 spiro atoms. The summed E-state index contributed by atoms with van der Waals surface area (Å²) >= 11 is 0. The molecule has 96 valence electrons. The summed E-state index contributed by atoms with van der Waals surface area (Å²) < 4.78 is 7.51. The molecule has 1 N–H and O–H groups in total. The quantitative estimate of drug-likeness (QED) is 0.896. The molecule has 1 saturated heterocycles. The number of nitrogens with zero attached hydrogens (tertiary/aromatic N) is 2. The highest BCUT2D eigenvalue weighted by Gasteiger charge is 2.22. The van der Waals surface area contributed by atoms with Crippen LogP contribution in [0.2, 0.25) is 0 Å². The largest absolute Gasteiger partial charge is 0.383 e. The van der Waals surface area contributed by atoms with Gasteiger partial charge >= 0.3 is 0 Å². The fourth-order valence-electron chi connectivity index (χ4n) is 2.68. The van der Waals surface area contributed by atoms with Crippen molar-refractivity contribution in [3.05, 3.63) is 30.1 Å². The number of aromatic nitrogens is 2. The van der Waals surface area contributed by atoms with Gasteiger partial charge in [-0.3, -0.25) is 0 Å². The Kier molecular flexibility index (Phi) is 3.30. The van der Waals surface area contributed by atoms with E-state index in [9.17, 15) is 0 Å². The van der Waals surface area contributed by atoms with Crippen molar-refractivity contribution in [1.29, 1.82) is 0 Å². The maximum Gasteiger partial charge on any atom is 0.127 e. The zero-order valence-electron chi connectivity index (χ0n) is 10.7. The van der Waals surface area contributed by atoms with E-state index < -0.39 is 0 Å². The van der Waals surface area contributed by atoms with Gasteiger partial charge in [0.25, 0.3) is 0 Å². The summed E-state index contributed by atoms with van der Waals surface area (Å²) in [5.74, 6) is 1.16. The molecule has 4 heteroatoms. The van der Waals surface area contributed by atoms with Crippen LogP contribution in [0, 0.1) is 0 Å². The van der Waals surface area contributed by atoms with Gasteiger partial charge in [-0.05, 0) is 31.5 Å². The van der Waals surface area contributed by atoms with E-state index >= 15 is 0 Å². The molecular formula is C14H19N3O. The number of benzene rings is 1. The number of nitrogens with one attached hydrogen (secondary N) is 1. The Labute approximate surface area is 107 Å². The first-order valence-electron chi connectivity index (χ1n) is 6.57. The van der Waals surface area contributed by atoms with Crippen LogP contribution >= 0.6 is 0 Å². The number of hydrogen-bond acceptors (Lipinski definition) is 3. The molecule has 0 radical (unpaired) electrons. The lowest BCUT2D eigenvalue weighted by Crippen LogP contribution is -2.19. The van der Waals surface area contributed by atoms with Crippen LogP contribution in [0.15, 0.2) is 24.3 Å². The molecule has 4 nitrogen and oxygen atoms in total. The van der Waals surface area contributed by atoms with Gasteiger partial charge in [0.2, 0.25) is 0 Å². The van der Waals surface area contributed by atoms with E-state index in [1.807, 2.05) is 6.07 Å². The molecule has 1 aromatic carbocycles. The summed E-state index contributed by atoms with van der Waals surface area (Å²) in [5.41, 5.74) is 2.29. The molecule has 0 amide bonds. The van der Waals surface area contributed by atoms with Crippen molar-refractivity contribution in [1.82, 2.24) is 14.9 Å². The van der Waals surface area contributed by atoms with Crippen LogP contribution in [0.3, 0.4) is 0 Å². The number of imidazole rings is 1. The van der Waals surface area contributed by atoms with Gasteiger partial charge in [0.15, 0.2) is 0 Å². The smallest absolute Gasteiger partial charge is 0.127 e. The zero-order valence-corrected chi connectivity index (χ0v) is 10.7. The highest BCUT2D eigenvalue weighted by molar-refractivity contribution is 5.76. The Morgan fingerprint density at radius 3 is 3.11 bits per heavy atom. The number of para-hydroxylation sites is 2. The lowest BCUT2D eigenvalue weighted by Gasteiger charge is -2.13. The molecule has 2 heterocycles. The monoisotopic (exact) mass is 245 g/mol. The number of methoxy groups -OCH3 is 1. The first-order valence-corrected chi connectivity index (χ1v) is 6.57. The fraction of sp³-hybridized carbons (Fsp3) is 0.500. The van der Waals surface area contributed by atoms with Gasteiger partial charge in [-0.25, -0.2) is 4.98 Å². The van der Waals surface area contributed by atoms with Crippen LogP contribution in [-0.4, -0.2) is 29.8 Å². The van der Waals surface area contributed by atoms with E-state index in [-0.39, 0.29) is 0 Å². The van der Waals surface area contributed by atoms with Crippen LogP contribution in [-0.2, 0) is 11.3 Å². The Balaban J connectivity index is 2.04. The highest BCUT2D eigenvalue weighted by atomic mass is 16.5. The van der Waals surface area contributed by atoms with Crippen LogP contribution in [0.4, 0.5) is 0 Å². The van der Waals surface area contributed by atoms with E-state index in [2.05, 4.69) is 28.1 Å². The van der Waals surface area contributed by atoms with Gasteiger partial charge < -0.3 is 14.6 Å². The van der Waals surface area contributed by atoms with Crippen LogP contribution in [0.5, 0.6) is 0 Å². The van der Waals surface area contributed by atoms with Crippen LogP contribution in [0.1, 0.15) is 24.7 Å². The summed E-state index contributed by atoms with van der Waals surface area (Å²) in [7, 11) is 1.74. The van der Waals surface area contributed by atoms with Crippen molar-refractivity contribution in [2.75, 3.05) is 20.3 Å². The SMILES string of the molecule is COCCn1c([C@@H]2CCCN2)nc2ccccc21. The fourth-order valence-corrected chi connectivity index (χ4v) is 2.68. The van der Waals surface area contributed by atoms with Gasteiger partial charge in [-0.15, -0.1) is 0 Å². The third kappa shape index (κ3) is 2.02. The molecule has 1 aliphatic heterocycles. The standard InChI is InChI=1S/C14H19N3O/c1-18-10-9-17-13-7-3-2-5-11(13)16-14(17)12-6-4-8-15-12/h2-3,5,7,12,15H,4,6,8-10H2,1H3/t12-/m0/s1. The second-order valence-corrected chi connectivity index (χ2v) is 4.75. The molecule has 1 atom stereocenters. The van der Waals surface area contributed by atoms with E-state index in [4.69, 9.17) is 9.72 Å². The van der Waals surface area contributed by atoms with Crippen molar-refractivity contribution in [3.63, 3.8) is 0 Å². The zero-order chi connectivity index (χ0) is 12.4. The molecule has 1 aromatic heterocycles. The molecular weight excluding hydrogens is 226 g/mol. The van der Waals surface area contributed by atoms with Gasteiger partial charge in [0.1, 0.15) is 5.82 Å². The van der Waals surface area contributed by atoms with Crippen LogP contribution < -0.4 is 5.32 Å².